The lowest BCUT2D eigenvalue weighted by Crippen LogP contribution is -2.27. The van der Waals surface area contributed by atoms with Gasteiger partial charge in [0.1, 0.15) is 5.52 Å². The summed E-state index contributed by atoms with van der Waals surface area (Å²) < 4.78 is 1.88. The van der Waals surface area contributed by atoms with Crippen LogP contribution in [0.4, 0.5) is 5.82 Å². The summed E-state index contributed by atoms with van der Waals surface area (Å²) in [5.41, 5.74) is 8.00. The van der Waals surface area contributed by atoms with Crippen LogP contribution in [0.15, 0.2) is 18.5 Å². The van der Waals surface area contributed by atoms with Gasteiger partial charge in [-0.1, -0.05) is 0 Å². The van der Waals surface area contributed by atoms with Crippen LogP contribution < -0.4 is 10.6 Å². The fraction of sp³-hybridized carbons (Fsp3) is 0.455. The van der Waals surface area contributed by atoms with Gasteiger partial charge in [0.2, 0.25) is 0 Å². The number of aryl methyl sites for hydroxylation is 1. The van der Waals surface area contributed by atoms with Gasteiger partial charge in [-0.15, -0.1) is 0 Å². The van der Waals surface area contributed by atoms with Gasteiger partial charge in [0.05, 0.1) is 5.69 Å². The Morgan fingerprint density at radius 2 is 2.38 bits per heavy atom. The predicted molar refractivity (Wildman–Crippen MR) is 62.5 cm³/mol. The van der Waals surface area contributed by atoms with Crippen LogP contribution in [0, 0.1) is 6.92 Å². The Morgan fingerprint density at radius 1 is 1.50 bits per heavy atom. The van der Waals surface area contributed by atoms with E-state index in [-0.39, 0.29) is 6.04 Å². The fourth-order valence-corrected chi connectivity index (χ4v) is 2.25. The number of hydrogen-bond donors (Lipinski definition) is 1. The van der Waals surface area contributed by atoms with Crippen LogP contribution in [0.3, 0.4) is 0 Å². The predicted octanol–water partition coefficient (Wildman–Crippen LogP) is 0.575. The van der Waals surface area contributed by atoms with E-state index in [9.17, 15) is 0 Å². The zero-order valence-electron chi connectivity index (χ0n) is 9.30. The summed E-state index contributed by atoms with van der Waals surface area (Å²) in [6.45, 7) is 3.86. The number of fused-ring (bicyclic) bond motifs is 1. The lowest BCUT2D eigenvalue weighted by Gasteiger charge is -2.17. The summed E-state index contributed by atoms with van der Waals surface area (Å²) >= 11 is 0. The quantitative estimate of drug-likeness (QED) is 0.759. The zero-order chi connectivity index (χ0) is 11.1. The van der Waals surface area contributed by atoms with E-state index in [0.29, 0.717) is 0 Å². The van der Waals surface area contributed by atoms with Gasteiger partial charge < -0.3 is 10.6 Å². The second-order valence-electron chi connectivity index (χ2n) is 4.36. The van der Waals surface area contributed by atoms with Crippen molar-refractivity contribution in [3.63, 3.8) is 0 Å². The van der Waals surface area contributed by atoms with Crippen molar-refractivity contribution in [2.75, 3.05) is 18.0 Å². The Morgan fingerprint density at radius 3 is 3.12 bits per heavy atom. The molecule has 84 valence electrons. The average molecular weight is 217 g/mol. The van der Waals surface area contributed by atoms with E-state index in [2.05, 4.69) is 21.0 Å². The summed E-state index contributed by atoms with van der Waals surface area (Å²) in [6, 6.07) is 2.33. The molecule has 1 saturated heterocycles. The maximum absolute atomic E-state index is 5.92. The zero-order valence-corrected chi connectivity index (χ0v) is 9.30. The molecular weight excluding hydrogens is 202 g/mol. The van der Waals surface area contributed by atoms with Crippen molar-refractivity contribution in [3.05, 3.63) is 24.2 Å². The standard InChI is InChI=1S/C11H15N5/c1-8-6-10-11(13-3-5-16(10)14-8)15-4-2-9(12)7-15/h3,5-6,9H,2,4,7,12H2,1H3/t9-/m0/s1. The van der Waals surface area contributed by atoms with Crippen molar-refractivity contribution in [2.45, 2.75) is 19.4 Å². The molecule has 0 bridgehead atoms. The average Bonchev–Trinajstić information content (AvgIpc) is 2.82. The van der Waals surface area contributed by atoms with Crippen molar-refractivity contribution in [1.82, 2.24) is 14.6 Å². The van der Waals surface area contributed by atoms with E-state index in [1.807, 2.05) is 17.6 Å². The molecule has 0 unspecified atom stereocenters. The molecule has 16 heavy (non-hydrogen) atoms. The van der Waals surface area contributed by atoms with Crippen molar-refractivity contribution in [2.24, 2.45) is 5.73 Å². The van der Waals surface area contributed by atoms with Crippen LogP contribution in [0.2, 0.25) is 0 Å². The number of nitrogens with two attached hydrogens (primary N) is 1. The van der Waals surface area contributed by atoms with Crippen LogP contribution in [0.25, 0.3) is 5.52 Å². The molecule has 2 aromatic heterocycles. The number of rotatable bonds is 1. The molecule has 0 aromatic carbocycles. The molecule has 1 atom stereocenters. The Hall–Kier alpha value is -1.62. The molecule has 3 heterocycles. The molecular formula is C11H15N5. The summed E-state index contributed by atoms with van der Waals surface area (Å²) in [6.07, 6.45) is 4.70. The molecule has 1 aliphatic rings. The third kappa shape index (κ3) is 1.44. The van der Waals surface area contributed by atoms with E-state index in [1.165, 1.54) is 0 Å². The molecule has 0 aliphatic carbocycles. The summed E-state index contributed by atoms with van der Waals surface area (Å²) in [7, 11) is 0. The molecule has 2 N–H and O–H groups in total. The highest BCUT2D eigenvalue weighted by atomic mass is 15.3. The first-order chi connectivity index (χ1) is 7.74. The summed E-state index contributed by atoms with van der Waals surface area (Å²) in [5, 5.41) is 4.38. The van der Waals surface area contributed by atoms with Gasteiger partial charge in [0, 0.05) is 31.5 Å². The van der Waals surface area contributed by atoms with Gasteiger partial charge in [-0.2, -0.15) is 5.10 Å². The maximum Gasteiger partial charge on any atom is 0.154 e. The first kappa shape index (κ1) is 9.59. The number of hydrogen-bond acceptors (Lipinski definition) is 4. The molecule has 2 aromatic rings. The molecule has 5 heteroatoms. The molecule has 1 fully saturated rings. The monoisotopic (exact) mass is 217 g/mol. The van der Waals surface area contributed by atoms with Crippen molar-refractivity contribution < 1.29 is 0 Å². The van der Waals surface area contributed by atoms with E-state index in [0.717, 1.165) is 36.5 Å². The topological polar surface area (TPSA) is 59.5 Å². The molecule has 1 aliphatic heterocycles. The highest BCUT2D eigenvalue weighted by Gasteiger charge is 2.22. The molecule has 0 amide bonds. The van der Waals surface area contributed by atoms with Crippen LogP contribution in [-0.4, -0.2) is 33.7 Å². The van der Waals surface area contributed by atoms with E-state index >= 15 is 0 Å². The third-order valence-corrected chi connectivity index (χ3v) is 3.02. The SMILES string of the molecule is Cc1cc2c(N3CC[C@H](N)C3)nccn2n1. The van der Waals surface area contributed by atoms with E-state index in [1.54, 1.807) is 6.20 Å². The van der Waals surface area contributed by atoms with Crippen LogP contribution in [0.5, 0.6) is 0 Å². The minimum absolute atomic E-state index is 0.270. The van der Waals surface area contributed by atoms with Crippen LogP contribution in [0.1, 0.15) is 12.1 Å². The third-order valence-electron chi connectivity index (χ3n) is 3.02. The summed E-state index contributed by atoms with van der Waals surface area (Å²) in [4.78, 5) is 6.68. The molecule has 0 spiro atoms. The van der Waals surface area contributed by atoms with Crippen molar-refractivity contribution in [3.8, 4) is 0 Å². The second kappa shape index (κ2) is 3.45. The lowest BCUT2D eigenvalue weighted by atomic mass is 10.3. The Kier molecular flexibility index (Phi) is 2.07. The first-order valence-electron chi connectivity index (χ1n) is 5.55. The molecule has 3 rings (SSSR count). The molecule has 5 nitrogen and oxygen atoms in total. The van der Waals surface area contributed by atoms with Crippen molar-refractivity contribution in [1.29, 1.82) is 0 Å². The van der Waals surface area contributed by atoms with E-state index < -0.39 is 0 Å². The van der Waals surface area contributed by atoms with Crippen LogP contribution >= 0.6 is 0 Å². The Labute approximate surface area is 93.9 Å². The summed E-state index contributed by atoms with van der Waals surface area (Å²) in [5.74, 6) is 0.996. The number of nitrogens with zero attached hydrogens (tertiary/aromatic N) is 4. The first-order valence-corrected chi connectivity index (χ1v) is 5.55. The second-order valence-corrected chi connectivity index (χ2v) is 4.36. The van der Waals surface area contributed by atoms with Gasteiger partial charge >= 0.3 is 0 Å². The van der Waals surface area contributed by atoms with Gasteiger partial charge in [-0.3, -0.25) is 0 Å². The van der Waals surface area contributed by atoms with Crippen molar-refractivity contribution >= 4 is 11.3 Å². The van der Waals surface area contributed by atoms with Gasteiger partial charge in [-0.25, -0.2) is 9.50 Å². The highest BCUT2D eigenvalue weighted by Crippen LogP contribution is 2.22. The minimum atomic E-state index is 0.270. The maximum atomic E-state index is 5.92. The number of aromatic nitrogens is 3. The lowest BCUT2D eigenvalue weighted by molar-refractivity contribution is 0.751. The van der Waals surface area contributed by atoms with Crippen LogP contribution in [-0.2, 0) is 0 Å². The van der Waals surface area contributed by atoms with Gasteiger partial charge in [0.25, 0.3) is 0 Å². The minimum Gasteiger partial charge on any atom is -0.353 e. The smallest absolute Gasteiger partial charge is 0.154 e. The van der Waals surface area contributed by atoms with Gasteiger partial charge in [-0.05, 0) is 19.4 Å². The van der Waals surface area contributed by atoms with Gasteiger partial charge in [0.15, 0.2) is 5.82 Å². The fourth-order valence-electron chi connectivity index (χ4n) is 2.25. The number of anilines is 1. The normalized spacial score (nSPS) is 20.9. The molecule has 0 radical (unpaired) electrons. The highest BCUT2D eigenvalue weighted by molar-refractivity contribution is 5.69. The van der Waals surface area contributed by atoms with E-state index in [4.69, 9.17) is 5.73 Å². The molecule has 0 saturated carbocycles. The Balaban J connectivity index is 2.09. The Bertz CT molecular complexity index is 518. The largest absolute Gasteiger partial charge is 0.353 e.